The van der Waals surface area contributed by atoms with Gasteiger partial charge in [0.25, 0.3) is 0 Å². The monoisotopic (exact) mass is 260 g/mol. The average Bonchev–Trinajstić information content (AvgIpc) is 2.41. The number of carbonyl (C=O) groups excluding carboxylic acids is 1. The molecule has 0 saturated carbocycles. The van der Waals surface area contributed by atoms with E-state index in [0.29, 0.717) is 16.3 Å². The molecule has 0 N–H and O–H groups in total. The second kappa shape index (κ2) is 5.69. The van der Waals surface area contributed by atoms with Gasteiger partial charge in [0.2, 0.25) is 0 Å². The van der Waals surface area contributed by atoms with E-state index in [4.69, 9.17) is 16.3 Å². The number of benzene rings is 2. The fourth-order valence-corrected chi connectivity index (χ4v) is 1.88. The van der Waals surface area contributed by atoms with E-state index in [1.54, 1.807) is 18.2 Å². The van der Waals surface area contributed by atoms with Crippen LogP contribution in [0.15, 0.2) is 48.5 Å². The van der Waals surface area contributed by atoms with Crippen LogP contribution < -0.4 is 4.74 Å². The maximum Gasteiger partial charge on any atom is 0.153 e. The molecule has 0 radical (unpaired) electrons. The lowest BCUT2D eigenvalue weighted by Gasteiger charge is -2.16. The Morgan fingerprint density at radius 1 is 1.17 bits per heavy atom. The summed E-state index contributed by atoms with van der Waals surface area (Å²) < 4.78 is 5.79. The van der Waals surface area contributed by atoms with Crippen LogP contribution in [0.2, 0.25) is 5.02 Å². The summed E-state index contributed by atoms with van der Waals surface area (Å²) in [5.74, 6) is 0.547. The lowest BCUT2D eigenvalue weighted by Crippen LogP contribution is -2.04. The summed E-state index contributed by atoms with van der Waals surface area (Å²) in [7, 11) is 0. The normalized spacial score (nSPS) is 11.9. The third-order valence-electron chi connectivity index (χ3n) is 2.67. The number of aldehydes is 1. The first kappa shape index (κ1) is 12.7. The number of hydrogen-bond donors (Lipinski definition) is 0. The van der Waals surface area contributed by atoms with E-state index in [2.05, 4.69) is 0 Å². The molecule has 2 nitrogen and oxygen atoms in total. The van der Waals surface area contributed by atoms with E-state index >= 15 is 0 Å². The molecule has 2 aromatic carbocycles. The molecule has 0 heterocycles. The van der Waals surface area contributed by atoms with Crippen molar-refractivity contribution in [3.8, 4) is 5.75 Å². The van der Waals surface area contributed by atoms with Gasteiger partial charge < -0.3 is 4.74 Å². The molecular weight excluding hydrogens is 248 g/mol. The molecule has 3 heteroatoms. The van der Waals surface area contributed by atoms with Crippen LogP contribution >= 0.6 is 11.6 Å². The van der Waals surface area contributed by atoms with Gasteiger partial charge in [0.05, 0.1) is 5.56 Å². The smallest absolute Gasteiger partial charge is 0.153 e. The Hall–Kier alpha value is -1.80. The topological polar surface area (TPSA) is 26.3 Å². The Labute approximate surface area is 111 Å². The molecule has 1 atom stereocenters. The minimum Gasteiger partial charge on any atom is -0.485 e. The van der Waals surface area contributed by atoms with E-state index in [1.807, 2.05) is 37.3 Å². The van der Waals surface area contributed by atoms with E-state index in [-0.39, 0.29) is 6.10 Å². The van der Waals surface area contributed by atoms with Crippen LogP contribution in [0, 0.1) is 0 Å². The zero-order valence-corrected chi connectivity index (χ0v) is 10.7. The molecule has 0 bridgehead atoms. The second-order valence-electron chi connectivity index (χ2n) is 3.97. The molecule has 0 aromatic heterocycles. The molecule has 0 aliphatic heterocycles. The van der Waals surface area contributed by atoms with Gasteiger partial charge in [-0.15, -0.1) is 0 Å². The summed E-state index contributed by atoms with van der Waals surface area (Å²) in [6, 6.07) is 14.9. The van der Waals surface area contributed by atoms with Gasteiger partial charge in [0, 0.05) is 5.02 Å². The first-order valence-corrected chi connectivity index (χ1v) is 6.05. The van der Waals surface area contributed by atoms with Crippen molar-refractivity contribution in [3.63, 3.8) is 0 Å². The molecule has 0 saturated heterocycles. The number of halogens is 1. The zero-order valence-electron chi connectivity index (χ0n) is 9.97. The number of ether oxygens (including phenoxy) is 1. The minimum atomic E-state index is -0.119. The zero-order chi connectivity index (χ0) is 13.0. The van der Waals surface area contributed by atoms with Gasteiger partial charge in [0.15, 0.2) is 6.29 Å². The van der Waals surface area contributed by atoms with Crippen molar-refractivity contribution in [2.75, 3.05) is 0 Å². The van der Waals surface area contributed by atoms with Crippen molar-refractivity contribution in [3.05, 3.63) is 64.7 Å². The summed E-state index contributed by atoms with van der Waals surface area (Å²) in [6.07, 6.45) is 0.630. The highest BCUT2D eigenvalue weighted by Gasteiger charge is 2.10. The molecule has 18 heavy (non-hydrogen) atoms. The van der Waals surface area contributed by atoms with Crippen LogP contribution in [-0.4, -0.2) is 6.29 Å². The van der Waals surface area contributed by atoms with Gasteiger partial charge in [-0.25, -0.2) is 0 Å². The Kier molecular flexibility index (Phi) is 4.00. The second-order valence-corrected chi connectivity index (χ2v) is 4.41. The minimum absolute atomic E-state index is 0.119. The van der Waals surface area contributed by atoms with Crippen molar-refractivity contribution in [1.82, 2.24) is 0 Å². The average molecular weight is 261 g/mol. The molecular formula is C15H13ClO2. The van der Waals surface area contributed by atoms with E-state index in [9.17, 15) is 4.79 Å². The van der Waals surface area contributed by atoms with Crippen molar-refractivity contribution in [2.24, 2.45) is 0 Å². The number of hydrogen-bond acceptors (Lipinski definition) is 2. The maximum absolute atomic E-state index is 11.0. The lowest BCUT2D eigenvalue weighted by molar-refractivity contribution is 0.111. The fraction of sp³-hybridized carbons (Fsp3) is 0.133. The quantitative estimate of drug-likeness (QED) is 0.767. The molecule has 0 aliphatic carbocycles. The standard InChI is InChI=1S/C15H13ClO2/c1-11(12-5-3-2-4-6-12)18-15-8-7-14(16)9-13(15)10-17/h2-11H,1H3. The molecule has 0 amide bonds. The summed E-state index contributed by atoms with van der Waals surface area (Å²) in [6.45, 7) is 1.94. The number of rotatable bonds is 4. The van der Waals surface area contributed by atoms with E-state index < -0.39 is 0 Å². The van der Waals surface area contributed by atoms with Crippen molar-refractivity contribution in [1.29, 1.82) is 0 Å². The predicted octanol–water partition coefficient (Wildman–Crippen LogP) is 4.29. The van der Waals surface area contributed by atoms with Gasteiger partial charge in [0.1, 0.15) is 11.9 Å². The summed E-state index contributed by atoms with van der Waals surface area (Å²) in [4.78, 5) is 11.0. The van der Waals surface area contributed by atoms with Crippen LogP contribution in [-0.2, 0) is 0 Å². The Morgan fingerprint density at radius 2 is 1.89 bits per heavy atom. The maximum atomic E-state index is 11.0. The molecule has 2 aromatic rings. The lowest BCUT2D eigenvalue weighted by atomic mass is 10.1. The van der Waals surface area contributed by atoms with Gasteiger partial charge in [-0.2, -0.15) is 0 Å². The Balaban J connectivity index is 2.22. The molecule has 0 spiro atoms. The Morgan fingerprint density at radius 3 is 2.56 bits per heavy atom. The number of carbonyl (C=O) groups is 1. The molecule has 0 aliphatic rings. The molecule has 2 rings (SSSR count). The summed E-state index contributed by atoms with van der Waals surface area (Å²) >= 11 is 5.83. The van der Waals surface area contributed by atoms with E-state index in [0.717, 1.165) is 11.8 Å². The van der Waals surface area contributed by atoms with Gasteiger partial charge in [-0.3, -0.25) is 4.79 Å². The molecule has 0 fully saturated rings. The van der Waals surface area contributed by atoms with Crippen LogP contribution in [0.25, 0.3) is 0 Å². The highest BCUT2D eigenvalue weighted by molar-refractivity contribution is 6.30. The molecule has 1 unspecified atom stereocenters. The van der Waals surface area contributed by atoms with Crippen LogP contribution in [0.3, 0.4) is 0 Å². The van der Waals surface area contributed by atoms with Crippen molar-refractivity contribution < 1.29 is 9.53 Å². The highest BCUT2D eigenvalue weighted by atomic mass is 35.5. The van der Waals surface area contributed by atoms with Crippen LogP contribution in [0.4, 0.5) is 0 Å². The fourth-order valence-electron chi connectivity index (χ4n) is 1.70. The third kappa shape index (κ3) is 2.90. The van der Waals surface area contributed by atoms with Crippen molar-refractivity contribution >= 4 is 17.9 Å². The largest absolute Gasteiger partial charge is 0.485 e. The molecule has 92 valence electrons. The first-order chi connectivity index (χ1) is 8.70. The van der Waals surface area contributed by atoms with Gasteiger partial charge in [-0.1, -0.05) is 41.9 Å². The van der Waals surface area contributed by atoms with Crippen molar-refractivity contribution in [2.45, 2.75) is 13.0 Å². The predicted molar refractivity (Wildman–Crippen MR) is 72.3 cm³/mol. The van der Waals surface area contributed by atoms with Gasteiger partial charge in [-0.05, 0) is 30.7 Å². The Bertz CT molecular complexity index is 537. The third-order valence-corrected chi connectivity index (χ3v) is 2.91. The summed E-state index contributed by atoms with van der Waals surface area (Å²) in [5, 5.41) is 0.525. The van der Waals surface area contributed by atoms with Gasteiger partial charge >= 0.3 is 0 Å². The summed E-state index contributed by atoms with van der Waals surface area (Å²) in [5.41, 5.74) is 1.52. The van der Waals surface area contributed by atoms with Crippen LogP contribution in [0.5, 0.6) is 5.75 Å². The highest BCUT2D eigenvalue weighted by Crippen LogP contribution is 2.26. The van der Waals surface area contributed by atoms with Crippen LogP contribution in [0.1, 0.15) is 28.9 Å². The van der Waals surface area contributed by atoms with E-state index in [1.165, 1.54) is 0 Å². The SMILES string of the molecule is CC(Oc1ccc(Cl)cc1C=O)c1ccccc1. The first-order valence-electron chi connectivity index (χ1n) is 5.67.